The molecule has 3 N–H and O–H groups in total. The van der Waals surface area contributed by atoms with Crippen LogP contribution in [0.1, 0.15) is 42.5 Å². The molecular formula is C22H22N4O2. The number of amides is 1. The van der Waals surface area contributed by atoms with E-state index >= 15 is 0 Å². The van der Waals surface area contributed by atoms with E-state index in [1.54, 1.807) is 6.07 Å². The highest BCUT2D eigenvalue weighted by Gasteiger charge is 2.22. The summed E-state index contributed by atoms with van der Waals surface area (Å²) in [6, 6.07) is 16.2. The summed E-state index contributed by atoms with van der Waals surface area (Å²) in [6.07, 6.45) is 0.729. The lowest BCUT2D eigenvalue weighted by Gasteiger charge is -2.19. The van der Waals surface area contributed by atoms with Crippen molar-refractivity contribution in [2.75, 3.05) is 0 Å². The van der Waals surface area contributed by atoms with Crippen LogP contribution in [0, 0.1) is 5.92 Å². The number of pyridine rings is 1. The third-order valence-electron chi connectivity index (χ3n) is 4.75. The molecule has 142 valence electrons. The standard InChI is InChI=1S/C22H22N4O2/c1-13(2)11-19(21-24-17-9-5-6-10-18(17)25-21)26-22(28)15-12-20(27)23-16-8-4-3-7-14(15)16/h3-10,12-13,19H,11H2,1-2H3,(H,23,27)(H,24,25)(H,26,28). The van der Waals surface area contributed by atoms with Crippen molar-refractivity contribution in [3.05, 3.63) is 76.3 Å². The third kappa shape index (κ3) is 3.53. The van der Waals surface area contributed by atoms with Crippen LogP contribution in [0.3, 0.4) is 0 Å². The minimum absolute atomic E-state index is 0.280. The maximum absolute atomic E-state index is 13.1. The SMILES string of the molecule is CC(C)CC(NC(=O)c1cc(=O)[nH]c2ccccc12)c1nc2ccccc2[nH]1. The number of nitrogens with zero attached hydrogens (tertiary/aromatic N) is 1. The Morgan fingerprint density at radius 3 is 2.50 bits per heavy atom. The first-order valence-electron chi connectivity index (χ1n) is 9.39. The van der Waals surface area contributed by atoms with Crippen molar-refractivity contribution in [3.8, 4) is 0 Å². The number of carbonyl (C=O) groups is 1. The third-order valence-corrected chi connectivity index (χ3v) is 4.75. The Labute approximate surface area is 162 Å². The van der Waals surface area contributed by atoms with Crippen molar-refractivity contribution in [2.24, 2.45) is 5.92 Å². The van der Waals surface area contributed by atoms with Gasteiger partial charge in [-0.3, -0.25) is 9.59 Å². The Morgan fingerprint density at radius 2 is 1.75 bits per heavy atom. The average Bonchev–Trinajstić information content (AvgIpc) is 3.10. The number of fused-ring (bicyclic) bond motifs is 2. The molecule has 6 heteroatoms. The molecule has 0 bridgehead atoms. The number of H-pyrrole nitrogens is 2. The monoisotopic (exact) mass is 374 g/mol. The van der Waals surface area contributed by atoms with Gasteiger partial charge in [-0.25, -0.2) is 4.98 Å². The predicted molar refractivity (Wildman–Crippen MR) is 110 cm³/mol. The Hall–Kier alpha value is -3.41. The average molecular weight is 374 g/mol. The molecule has 2 heterocycles. The van der Waals surface area contributed by atoms with Gasteiger partial charge in [0.25, 0.3) is 5.91 Å². The summed E-state index contributed by atoms with van der Waals surface area (Å²) in [4.78, 5) is 35.8. The molecule has 2 aromatic carbocycles. The lowest BCUT2D eigenvalue weighted by atomic mass is 10.0. The normalized spacial score (nSPS) is 12.5. The van der Waals surface area contributed by atoms with Crippen LogP contribution in [0.4, 0.5) is 0 Å². The van der Waals surface area contributed by atoms with E-state index in [4.69, 9.17) is 0 Å². The molecule has 0 saturated heterocycles. The minimum atomic E-state index is -0.298. The van der Waals surface area contributed by atoms with Gasteiger partial charge in [0, 0.05) is 17.0 Å². The van der Waals surface area contributed by atoms with Crippen LogP contribution < -0.4 is 10.9 Å². The molecule has 1 atom stereocenters. The Morgan fingerprint density at radius 1 is 1.04 bits per heavy atom. The van der Waals surface area contributed by atoms with Crippen molar-refractivity contribution in [3.63, 3.8) is 0 Å². The highest BCUT2D eigenvalue weighted by Crippen LogP contribution is 2.23. The van der Waals surface area contributed by atoms with Crippen molar-refractivity contribution < 1.29 is 4.79 Å². The highest BCUT2D eigenvalue weighted by atomic mass is 16.2. The van der Waals surface area contributed by atoms with E-state index in [9.17, 15) is 9.59 Å². The van der Waals surface area contributed by atoms with E-state index in [1.165, 1.54) is 6.07 Å². The number of nitrogens with one attached hydrogen (secondary N) is 3. The molecule has 6 nitrogen and oxygen atoms in total. The van der Waals surface area contributed by atoms with Crippen molar-refractivity contribution in [2.45, 2.75) is 26.3 Å². The second-order valence-electron chi connectivity index (χ2n) is 7.39. The fourth-order valence-corrected chi connectivity index (χ4v) is 3.48. The summed E-state index contributed by atoms with van der Waals surface area (Å²) in [5.41, 5.74) is 2.51. The molecule has 4 rings (SSSR count). The predicted octanol–water partition coefficient (Wildman–Crippen LogP) is 3.92. The number of hydrogen-bond donors (Lipinski definition) is 3. The van der Waals surface area contributed by atoms with Gasteiger partial charge >= 0.3 is 0 Å². The summed E-state index contributed by atoms with van der Waals surface area (Å²) in [7, 11) is 0. The van der Waals surface area contributed by atoms with Crippen molar-refractivity contribution >= 4 is 27.8 Å². The van der Waals surface area contributed by atoms with Gasteiger partial charge in [0.2, 0.25) is 5.56 Å². The number of aromatic nitrogens is 3. The van der Waals surface area contributed by atoms with E-state index in [1.807, 2.05) is 42.5 Å². The molecule has 0 radical (unpaired) electrons. The number of rotatable bonds is 5. The van der Waals surface area contributed by atoms with Crippen LogP contribution in [0.15, 0.2) is 59.4 Å². The Balaban J connectivity index is 1.71. The molecule has 2 aromatic heterocycles. The van der Waals surface area contributed by atoms with Crippen molar-refractivity contribution in [1.82, 2.24) is 20.3 Å². The smallest absolute Gasteiger partial charge is 0.252 e. The molecule has 0 aliphatic rings. The number of benzene rings is 2. The van der Waals surface area contributed by atoms with Gasteiger partial charge < -0.3 is 15.3 Å². The highest BCUT2D eigenvalue weighted by molar-refractivity contribution is 6.06. The maximum Gasteiger partial charge on any atom is 0.252 e. The van der Waals surface area contributed by atoms with Crippen molar-refractivity contribution in [1.29, 1.82) is 0 Å². The number of imidazole rings is 1. The fourth-order valence-electron chi connectivity index (χ4n) is 3.48. The zero-order valence-electron chi connectivity index (χ0n) is 15.8. The van der Waals surface area contributed by atoms with Crippen LogP contribution in [0.5, 0.6) is 0 Å². The van der Waals surface area contributed by atoms with E-state index in [2.05, 4.69) is 34.1 Å². The van der Waals surface area contributed by atoms with Gasteiger partial charge in [0.15, 0.2) is 0 Å². The largest absolute Gasteiger partial charge is 0.342 e. The lowest BCUT2D eigenvalue weighted by molar-refractivity contribution is 0.0931. The van der Waals surface area contributed by atoms with Crippen LogP contribution >= 0.6 is 0 Å². The molecule has 0 saturated carbocycles. The maximum atomic E-state index is 13.1. The molecule has 0 aliphatic heterocycles. The molecule has 0 aliphatic carbocycles. The van der Waals surface area contributed by atoms with Gasteiger partial charge in [-0.15, -0.1) is 0 Å². The van der Waals surface area contributed by atoms with Crippen LogP contribution in [0.2, 0.25) is 0 Å². The number of carbonyl (C=O) groups excluding carboxylic acids is 1. The molecule has 0 spiro atoms. The van der Waals surface area contributed by atoms with Gasteiger partial charge in [0.1, 0.15) is 5.82 Å². The number of aromatic amines is 2. The first kappa shape index (κ1) is 18.0. The summed E-state index contributed by atoms with van der Waals surface area (Å²) in [5.74, 6) is 0.792. The topological polar surface area (TPSA) is 90.6 Å². The zero-order chi connectivity index (χ0) is 19.7. The van der Waals surface area contributed by atoms with Gasteiger partial charge in [-0.2, -0.15) is 0 Å². The molecular weight excluding hydrogens is 352 g/mol. The van der Waals surface area contributed by atoms with E-state index in [0.717, 1.165) is 23.3 Å². The Kier molecular flexibility index (Phi) is 4.69. The van der Waals surface area contributed by atoms with Crippen LogP contribution in [0.25, 0.3) is 21.9 Å². The summed E-state index contributed by atoms with van der Waals surface area (Å²) >= 11 is 0. The minimum Gasteiger partial charge on any atom is -0.342 e. The molecule has 4 aromatic rings. The van der Waals surface area contributed by atoms with Gasteiger partial charge in [-0.05, 0) is 30.5 Å². The molecule has 0 fully saturated rings. The molecule has 1 unspecified atom stereocenters. The zero-order valence-corrected chi connectivity index (χ0v) is 15.8. The lowest BCUT2D eigenvalue weighted by Crippen LogP contribution is -2.31. The van der Waals surface area contributed by atoms with Crippen LogP contribution in [-0.4, -0.2) is 20.9 Å². The Bertz CT molecular complexity index is 1170. The quantitative estimate of drug-likeness (QED) is 0.494. The number of hydrogen-bond acceptors (Lipinski definition) is 3. The summed E-state index contributed by atoms with van der Waals surface area (Å²) in [6.45, 7) is 4.20. The summed E-state index contributed by atoms with van der Waals surface area (Å²) < 4.78 is 0. The second kappa shape index (κ2) is 7.31. The first-order chi connectivity index (χ1) is 13.5. The van der Waals surface area contributed by atoms with Gasteiger partial charge in [0.05, 0.1) is 22.6 Å². The van der Waals surface area contributed by atoms with E-state index in [0.29, 0.717) is 22.4 Å². The van der Waals surface area contributed by atoms with E-state index in [-0.39, 0.29) is 17.5 Å². The second-order valence-corrected chi connectivity index (χ2v) is 7.39. The summed E-state index contributed by atoms with van der Waals surface area (Å²) in [5, 5.41) is 3.79. The molecule has 28 heavy (non-hydrogen) atoms. The van der Waals surface area contributed by atoms with Crippen LogP contribution in [-0.2, 0) is 0 Å². The molecule has 1 amide bonds. The first-order valence-corrected chi connectivity index (χ1v) is 9.39. The number of para-hydroxylation sites is 3. The van der Waals surface area contributed by atoms with E-state index < -0.39 is 0 Å². The fraction of sp³-hybridized carbons (Fsp3) is 0.227. The van der Waals surface area contributed by atoms with Gasteiger partial charge in [-0.1, -0.05) is 44.2 Å².